The van der Waals surface area contributed by atoms with E-state index in [4.69, 9.17) is 0 Å². The maximum atomic E-state index is 4.52. The second-order valence-corrected chi connectivity index (χ2v) is 6.95. The lowest BCUT2D eigenvalue weighted by molar-refractivity contribution is 0.768. The molecule has 0 spiro atoms. The molecule has 0 aliphatic rings. The smallest absolute Gasteiger partial charge is 0.268 e. The zero-order chi connectivity index (χ0) is 20.8. The third kappa shape index (κ3) is 5.19. The molecule has 0 saturated heterocycles. The molecule has 3 N–H and O–H groups in total. The Balaban J connectivity index is 1.29. The van der Waals surface area contributed by atoms with Crippen molar-refractivity contribution in [1.82, 2.24) is 50.8 Å². The van der Waals surface area contributed by atoms with Gasteiger partial charge in [0.05, 0.1) is 6.42 Å². The largest absolute Gasteiger partial charge is 0.289 e. The van der Waals surface area contributed by atoms with Crippen LogP contribution in [0, 0.1) is 6.92 Å². The van der Waals surface area contributed by atoms with Crippen molar-refractivity contribution in [2.75, 3.05) is 5.32 Å². The zero-order valence-corrected chi connectivity index (χ0v) is 16.9. The fourth-order valence-corrected chi connectivity index (χ4v) is 2.96. The summed E-state index contributed by atoms with van der Waals surface area (Å²) >= 11 is 0. The molecule has 154 valence electrons. The highest BCUT2D eigenvalue weighted by Gasteiger charge is 2.09. The Morgan fingerprint density at radius 3 is 2.17 bits per heavy atom. The number of aryl methyl sites for hydroxylation is 4. The molecule has 0 radical (unpaired) electrons. The molecule has 0 amide bonds. The summed E-state index contributed by atoms with van der Waals surface area (Å²) < 4.78 is 0. The van der Waals surface area contributed by atoms with Gasteiger partial charge in [0.15, 0.2) is 11.6 Å². The highest BCUT2D eigenvalue weighted by molar-refractivity contribution is 5.39. The Labute approximate surface area is 173 Å². The van der Waals surface area contributed by atoms with Gasteiger partial charge in [-0.05, 0) is 30.9 Å². The summed E-state index contributed by atoms with van der Waals surface area (Å²) in [5.74, 6) is 3.16. The van der Waals surface area contributed by atoms with Crippen LogP contribution in [0.1, 0.15) is 47.8 Å². The first-order valence-electron chi connectivity index (χ1n) is 9.88. The van der Waals surface area contributed by atoms with E-state index in [-0.39, 0.29) is 5.95 Å². The lowest BCUT2D eigenvalue weighted by atomic mass is 10.0. The molecule has 1 aromatic carbocycles. The normalized spacial score (nSPS) is 11.0. The number of hydrogen-bond donors (Lipinski definition) is 3. The number of nitrogens with one attached hydrogen (secondary N) is 3. The second-order valence-electron chi connectivity index (χ2n) is 6.95. The number of benzene rings is 1. The highest BCUT2D eigenvalue weighted by Crippen LogP contribution is 2.10. The van der Waals surface area contributed by atoms with Gasteiger partial charge in [-0.3, -0.25) is 15.5 Å². The molecule has 0 aliphatic heterocycles. The van der Waals surface area contributed by atoms with E-state index in [9.17, 15) is 0 Å². The molecule has 0 saturated carbocycles. The van der Waals surface area contributed by atoms with Crippen LogP contribution in [0.3, 0.4) is 0 Å². The van der Waals surface area contributed by atoms with E-state index in [1.807, 2.05) is 0 Å². The van der Waals surface area contributed by atoms with Crippen LogP contribution in [0.15, 0.2) is 24.3 Å². The van der Waals surface area contributed by atoms with Crippen molar-refractivity contribution in [2.45, 2.75) is 46.0 Å². The summed E-state index contributed by atoms with van der Waals surface area (Å²) in [6.45, 7) is 3.99. The van der Waals surface area contributed by atoms with Crippen molar-refractivity contribution in [3.05, 3.63) is 58.7 Å². The van der Waals surface area contributed by atoms with Crippen LogP contribution in [0.4, 0.5) is 11.9 Å². The van der Waals surface area contributed by atoms with Gasteiger partial charge in [0.2, 0.25) is 5.95 Å². The summed E-state index contributed by atoms with van der Waals surface area (Å²) in [6, 6.07) is 8.75. The van der Waals surface area contributed by atoms with E-state index >= 15 is 0 Å². The van der Waals surface area contributed by atoms with Crippen molar-refractivity contribution in [2.24, 2.45) is 0 Å². The van der Waals surface area contributed by atoms with Gasteiger partial charge in [0.1, 0.15) is 11.6 Å². The van der Waals surface area contributed by atoms with E-state index in [0.29, 0.717) is 29.8 Å². The van der Waals surface area contributed by atoms with Crippen molar-refractivity contribution in [3.63, 3.8) is 0 Å². The Hall–Kier alpha value is -3.76. The topological polar surface area (TPSA) is 147 Å². The molecule has 4 aromatic rings. The Morgan fingerprint density at radius 2 is 1.50 bits per heavy atom. The predicted molar refractivity (Wildman–Crippen MR) is 109 cm³/mol. The monoisotopic (exact) mass is 405 g/mol. The summed E-state index contributed by atoms with van der Waals surface area (Å²) in [4.78, 5) is 8.63. The fourth-order valence-electron chi connectivity index (χ4n) is 2.96. The fraction of sp³-hybridized carbons (Fsp3) is 0.368. The molecule has 11 nitrogen and oxygen atoms in total. The zero-order valence-electron chi connectivity index (χ0n) is 16.9. The SMILES string of the molecule is CCCc1ccc(CCc2n[nH]c(Cc3nnc(Nc4n[nH]c(C)n4)nn3)n2)cc1. The van der Waals surface area contributed by atoms with Gasteiger partial charge in [0, 0.05) is 6.42 Å². The number of rotatable bonds is 9. The first kappa shape index (κ1) is 19.6. The first-order valence-corrected chi connectivity index (χ1v) is 9.88. The number of nitrogens with zero attached hydrogens (tertiary/aromatic N) is 8. The van der Waals surface area contributed by atoms with Gasteiger partial charge < -0.3 is 0 Å². The number of hydrogen-bond acceptors (Lipinski definition) is 9. The standard InChI is InChI=1S/C19H23N11/c1-3-4-13-5-7-14(8-6-13)9-10-15-21-16(25-24-15)11-17-26-29-19(30-27-17)22-18-20-12(2)23-28-18/h5-8H,3-4,9-11H2,1-2H3,(H,21,24,25)(H2,20,22,23,28,29,30). The summed E-state index contributed by atoms with van der Waals surface area (Å²) in [7, 11) is 0. The lowest BCUT2D eigenvalue weighted by Crippen LogP contribution is -2.07. The van der Waals surface area contributed by atoms with Gasteiger partial charge >= 0.3 is 0 Å². The summed E-state index contributed by atoms with van der Waals surface area (Å²) in [5.41, 5.74) is 2.66. The minimum atomic E-state index is 0.223. The molecular formula is C19H23N11. The number of anilines is 2. The van der Waals surface area contributed by atoms with Gasteiger partial charge in [0.25, 0.3) is 5.95 Å². The third-order valence-corrected chi connectivity index (χ3v) is 4.44. The van der Waals surface area contributed by atoms with E-state index < -0.39 is 0 Å². The predicted octanol–water partition coefficient (Wildman–Crippen LogP) is 1.88. The van der Waals surface area contributed by atoms with E-state index in [2.05, 4.69) is 87.3 Å². The number of aromatic amines is 2. The Morgan fingerprint density at radius 1 is 0.767 bits per heavy atom. The first-order chi connectivity index (χ1) is 14.7. The minimum Gasteiger partial charge on any atom is -0.289 e. The van der Waals surface area contributed by atoms with E-state index in [1.165, 1.54) is 11.1 Å². The van der Waals surface area contributed by atoms with Crippen LogP contribution >= 0.6 is 0 Å². The molecule has 0 atom stereocenters. The van der Waals surface area contributed by atoms with E-state index in [0.717, 1.165) is 31.5 Å². The van der Waals surface area contributed by atoms with Crippen molar-refractivity contribution < 1.29 is 0 Å². The molecule has 3 heterocycles. The third-order valence-electron chi connectivity index (χ3n) is 4.44. The quantitative estimate of drug-likeness (QED) is 0.380. The molecule has 4 rings (SSSR count). The average molecular weight is 405 g/mol. The van der Waals surface area contributed by atoms with Crippen LogP contribution in [0.25, 0.3) is 0 Å². The number of H-pyrrole nitrogens is 2. The second kappa shape index (κ2) is 9.16. The van der Waals surface area contributed by atoms with Gasteiger partial charge in [-0.15, -0.1) is 25.5 Å². The van der Waals surface area contributed by atoms with Gasteiger partial charge in [-0.2, -0.15) is 10.1 Å². The molecule has 0 unspecified atom stereocenters. The Kier molecular flexibility index (Phi) is 5.97. The van der Waals surface area contributed by atoms with Crippen LogP contribution in [-0.2, 0) is 25.7 Å². The highest BCUT2D eigenvalue weighted by atomic mass is 15.4. The molecule has 0 fully saturated rings. The average Bonchev–Trinajstić information content (AvgIpc) is 3.38. The maximum Gasteiger partial charge on any atom is 0.268 e. The minimum absolute atomic E-state index is 0.223. The van der Waals surface area contributed by atoms with Crippen LogP contribution in [0.5, 0.6) is 0 Å². The van der Waals surface area contributed by atoms with Gasteiger partial charge in [-0.25, -0.2) is 4.98 Å². The lowest BCUT2D eigenvalue weighted by Gasteiger charge is -2.02. The molecule has 0 bridgehead atoms. The van der Waals surface area contributed by atoms with Crippen molar-refractivity contribution in [3.8, 4) is 0 Å². The van der Waals surface area contributed by atoms with Crippen molar-refractivity contribution in [1.29, 1.82) is 0 Å². The van der Waals surface area contributed by atoms with Gasteiger partial charge in [-0.1, -0.05) is 37.6 Å². The molecule has 3 aromatic heterocycles. The van der Waals surface area contributed by atoms with Crippen LogP contribution in [-0.4, -0.2) is 50.8 Å². The maximum absolute atomic E-state index is 4.52. The summed E-state index contributed by atoms with van der Waals surface area (Å²) in [5, 5.41) is 32.8. The molecular weight excluding hydrogens is 382 g/mol. The Bertz CT molecular complexity index is 1070. The van der Waals surface area contributed by atoms with E-state index in [1.54, 1.807) is 6.92 Å². The number of aromatic nitrogens is 10. The molecule has 11 heteroatoms. The van der Waals surface area contributed by atoms with Crippen molar-refractivity contribution >= 4 is 11.9 Å². The van der Waals surface area contributed by atoms with Crippen LogP contribution in [0.2, 0.25) is 0 Å². The summed E-state index contributed by atoms with van der Waals surface area (Å²) in [6.07, 6.45) is 4.31. The molecule has 30 heavy (non-hydrogen) atoms. The van der Waals surface area contributed by atoms with Crippen LogP contribution < -0.4 is 5.32 Å². The molecule has 0 aliphatic carbocycles.